The van der Waals surface area contributed by atoms with Gasteiger partial charge in [0.1, 0.15) is 5.69 Å². The molecule has 3 aromatic heterocycles. The van der Waals surface area contributed by atoms with E-state index in [-0.39, 0.29) is 40.6 Å². The molecule has 31 heavy (non-hydrogen) atoms. The summed E-state index contributed by atoms with van der Waals surface area (Å²) in [5.74, 6) is 0.223. The average Bonchev–Trinajstić information content (AvgIpc) is 3.22. The minimum atomic E-state index is -0.447. The van der Waals surface area contributed by atoms with Crippen molar-refractivity contribution >= 4 is 39.9 Å². The van der Waals surface area contributed by atoms with Crippen LogP contribution in [0.1, 0.15) is 31.5 Å². The molecule has 0 bridgehead atoms. The number of halogens is 2. The summed E-state index contributed by atoms with van der Waals surface area (Å²) in [6.07, 6.45) is 2.77. The van der Waals surface area contributed by atoms with Crippen LogP contribution >= 0.6 is 23.2 Å². The molecule has 0 N–H and O–H groups in total. The van der Waals surface area contributed by atoms with Crippen LogP contribution in [0.15, 0.2) is 6.20 Å². The second-order valence-electron chi connectivity index (χ2n) is 7.44. The molecule has 3 aromatic rings. The maximum absolute atomic E-state index is 11.6. The molecule has 4 heterocycles. The van der Waals surface area contributed by atoms with Gasteiger partial charge in [-0.3, -0.25) is 14.8 Å². The fraction of sp³-hybridized carbons (Fsp3) is 0.556. The Morgan fingerprint density at radius 3 is 2.94 bits per heavy atom. The van der Waals surface area contributed by atoms with E-state index in [1.165, 1.54) is 6.20 Å². The topological polar surface area (TPSA) is 123 Å². The quantitative estimate of drug-likeness (QED) is 0.222. The second kappa shape index (κ2) is 8.93. The van der Waals surface area contributed by atoms with Gasteiger partial charge in [0.2, 0.25) is 5.28 Å². The van der Waals surface area contributed by atoms with Gasteiger partial charge in [-0.2, -0.15) is 10.1 Å². The molecule has 166 valence electrons. The summed E-state index contributed by atoms with van der Waals surface area (Å²) in [4.78, 5) is 19.3. The van der Waals surface area contributed by atoms with Gasteiger partial charge in [-0.15, -0.1) is 5.10 Å². The van der Waals surface area contributed by atoms with Gasteiger partial charge in [-0.05, 0) is 24.9 Å². The molecule has 4 rings (SSSR count). The Morgan fingerprint density at radius 1 is 1.39 bits per heavy atom. The van der Waals surface area contributed by atoms with E-state index in [1.807, 2.05) is 6.92 Å². The maximum Gasteiger partial charge on any atom is 0.352 e. The Balaban J connectivity index is 1.47. The Bertz CT molecular complexity index is 1120. The first-order chi connectivity index (χ1) is 14.9. The molecule has 13 heteroatoms. The fourth-order valence-electron chi connectivity index (χ4n) is 3.79. The lowest BCUT2D eigenvalue weighted by Gasteiger charge is -2.29. The molecular weight excluding hydrogens is 449 g/mol. The number of aryl methyl sites for hydroxylation is 1. The predicted octanol–water partition coefficient (Wildman–Crippen LogP) is 3.61. The lowest BCUT2D eigenvalue weighted by Crippen LogP contribution is -2.29. The summed E-state index contributed by atoms with van der Waals surface area (Å²) in [5.41, 5.74) is 0.894. The molecule has 2 unspecified atom stereocenters. The Labute approximate surface area is 187 Å². The van der Waals surface area contributed by atoms with Crippen LogP contribution in [-0.4, -0.2) is 54.3 Å². The summed E-state index contributed by atoms with van der Waals surface area (Å²) in [7, 11) is 0. The van der Waals surface area contributed by atoms with Crippen LogP contribution in [0.3, 0.4) is 0 Å². The van der Waals surface area contributed by atoms with Gasteiger partial charge in [-0.1, -0.05) is 18.5 Å². The van der Waals surface area contributed by atoms with Gasteiger partial charge in [-0.25, -0.2) is 9.67 Å². The van der Waals surface area contributed by atoms with Crippen LogP contribution in [0.5, 0.6) is 5.88 Å². The van der Waals surface area contributed by atoms with Crippen LogP contribution in [0, 0.1) is 23.0 Å². The number of aromatic nitrogens is 6. The molecule has 0 aliphatic carbocycles. The molecule has 1 aliphatic heterocycles. The van der Waals surface area contributed by atoms with E-state index in [9.17, 15) is 10.1 Å². The van der Waals surface area contributed by atoms with Crippen molar-refractivity contribution in [3.63, 3.8) is 0 Å². The molecule has 0 aromatic carbocycles. The van der Waals surface area contributed by atoms with Crippen LogP contribution in [-0.2, 0) is 11.3 Å². The first-order valence-corrected chi connectivity index (χ1v) is 10.6. The van der Waals surface area contributed by atoms with Gasteiger partial charge >= 0.3 is 11.6 Å². The number of nitrogens with zero attached hydrogens (tertiary/aromatic N) is 7. The molecule has 0 saturated carbocycles. The van der Waals surface area contributed by atoms with Crippen LogP contribution in [0.2, 0.25) is 10.4 Å². The zero-order valence-electron chi connectivity index (χ0n) is 17.0. The summed E-state index contributed by atoms with van der Waals surface area (Å²) < 4.78 is 14.5. The van der Waals surface area contributed by atoms with Crippen LogP contribution in [0.4, 0.5) is 5.69 Å². The van der Waals surface area contributed by atoms with Crippen molar-refractivity contribution in [3.8, 4) is 5.88 Å². The number of fused-ring (bicyclic) bond motifs is 1. The average molecular weight is 470 g/mol. The van der Waals surface area contributed by atoms with Crippen molar-refractivity contribution in [2.45, 2.75) is 39.3 Å². The van der Waals surface area contributed by atoms with E-state index >= 15 is 0 Å². The van der Waals surface area contributed by atoms with E-state index in [1.54, 1.807) is 16.3 Å². The Hall–Kier alpha value is -2.50. The number of hydrogen-bond acceptors (Lipinski definition) is 8. The third-order valence-corrected chi connectivity index (χ3v) is 5.81. The minimum absolute atomic E-state index is 0.0231. The molecule has 1 fully saturated rings. The first kappa shape index (κ1) is 21.7. The second-order valence-corrected chi connectivity index (χ2v) is 8.14. The van der Waals surface area contributed by atoms with E-state index in [2.05, 4.69) is 20.2 Å². The highest BCUT2D eigenvalue weighted by Gasteiger charge is 2.33. The van der Waals surface area contributed by atoms with Crippen molar-refractivity contribution < 1.29 is 14.4 Å². The van der Waals surface area contributed by atoms with Crippen molar-refractivity contribution in [2.75, 3.05) is 19.8 Å². The lowest BCUT2D eigenvalue weighted by molar-refractivity contribution is -0.386. The summed E-state index contributed by atoms with van der Waals surface area (Å²) in [6, 6.07) is 0.0341. The van der Waals surface area contributed by atoms with Gasteiger partial charge in [0.05, 0.1) is 29.6 Å². The smallest absolute Gasteiger partial charge is 0.352 e. The highest BCUT2D eigenvalue weighted by atomic mass is 35.5. The van der Waals surface area contributed by atoms with E-state index in [4.69, 9.17) is 32.7 Å². The predicted molar refractivity (Wildman–Crippen MR) is 113 cm³/mol. The highest BCUT2D eigenvalue weighted by molar-refractivity contribution is 6.34. The highest BCUT2D eigenvalue weighted by Crippen LogP contribution is 2.36. The van der Waals surface area contributed by atoms with Crippen molar-refractivity contribution in [2.24, 2.45) is 5.92 Å². The normalized spacial score (nSPS) is 19.1. The number of nitro groups is 1. The molecule has 2 atom stereocenters. The molecule has 0 radical (unpaired) electrons. The summed E-state index contributed by atoms with van der Waals surface area (Å²) in [6.45, 7) is 5.59. The Morgan fingerprint density at radius 2 is 2.19 bits per heavy atom. The lowest BCUT2D eigenvalue weighted by atomic mass is 9.98. The van der Waals surface area contributed by atoms with E-state index in [0.29, 0.717) is 42.9 Å². The zero-order chi connectivity index (χ0) is 22.1. The third kappa shape index (κ3) is 4.30. The molecule has 0 amide bonds. The maximum atomic E-state index is 11.6. The zero-order valence-corrected chi connectivity index (χ0v) is 18.5. The van der Waals surface area contributed by atoms with Gasteiger partial charge < -0.3 is 9.47 Å². The van der Waals surface area contributed by atoms with Crippen molar-refractivity contribution in [3.05, 3.63) is 32.4 Å². The minimum Gasteiger partial charge on any atom is -0.472 e. The number of rotatable bonds is 7. The van der Waals surface area contributed by atoms with Gasteiger partial charge in [0.25, 0.3) is 0 Å². The third-order valence-electron chi connectivity index (χ3n) is 5.35. The fourth-order valence-corrected chi connectivity index (χ4v) is 4.14. The summed E-state index contributed by atoms with van der Waals surface area (Å²) >= 11 is 12.0. The largest absolute Gasteiger partial charge is 0.472 e. The number of hydrogen-bond donors (Lipinski definition) is 0. The number of ether oxygens (including phenoxy) is 2. The molecule has 11 nitrogen and oxygen atoms in total. The summed E-state index contributed by atoms with van der Waals surface area (Å²) in [5, 5.41) is 21.3. The van der Waals surface area contributed by atoms with Crippen molar-refractivity contribution in [1.29, 1.82) is 0 Å². The SMILES string of the molecule is Cc1c([N+](=O)[O-])c(OCCCn2nc(Cl)c3cnc(Cl)nc32)nn1C1CCOCC1C. The molecular formula is C18H21Cl2N7O4. The van der Waals surface area contributed by atoms with E-state index in [0.717, 1.165) is 6.42 Å². The van der Waals surface area contributed by atoms with Gasteiger partial charge in [0.15, 0.2) is 10.8 Å². The van der Waals surface area contributed by atoms with Crippen molar-refractivity contribution in [1.82, 2.24) is 29.5 Å². The molecule has 1 saturated heterocycles. The van der Waals surface area contributed by atoms with Gasteiger partial charge in [0, 0.05) is 31.7 Å². The van der Waals surface area contributed by atoms with E-state index < -0.39 is 4.92 Å². The Kier molecular flexibility index (Phi) is 6.26. The monoisotopic (exact) mass is 469 g/mol. The van der Waals surface area contributed by atoms with Crippen LogP contribution in [0.25, 0.3) is 11.0 Å². The molecule has 0 spiro atoms. The standard InChI is InChI=1S/C18H21Cl2N7O4/c1-10-9-30-7-4-13(10)26-11(2)14(27(28)29)17(24-26)31-6-3-5-25-16-12(15(19)23-25)8-21-18(20)22-16/h8,10,13H,3-7,9H2,1-2H3. The molecule has 1 aliphatic rings. The first-order valence-electron chi connectivity index (χ1n) is 9.85. The van der Waals surface area contributed by atoms with Crippen LogP contribution < -0.4 is 4.74 Å².